The fourth-order valence-electron chi connectivity index (χ4n) is 2.43. The van der Waals surface area contributed by atoms with Gasteiger partial charge in [-0.3, -0.25) is 10.1 Å². The summed E-state index contributed by atoms with van der Waals surface area (Å²) in [5.74, 6) is -2.69. The van der Waals surface area contributed by atoms with Crippen molar-refractivity contribution >= 4 is 29.2 Å². The Morgan fingerprint density at radius 1 is 1.14 bits per heavy atom. The molecule has 11 heteroatoms. The molecular weight excluding hydrogens is 408 g/mol. The van der Waals surface area contributed by atoms with Gasteiger partial charge in [-0.05, 0) is 36.7 Å². The molecule has 2 aromatic carbocycles. The van der Waals surface area contributed by atoms with Crippen molar-refractivity contribution in [1.82, 2.24) is 5.32 Å². The largest absolute Gasteiger partial charge is 0.473 e. The molecule has 0 saturated heterocycles. The fraction of sp³-hybridized carbons (Fsp3) is 0.222. The number of nitrogens with one attached hydrogen (secondary N) is 1. The van der Waals surface area contributed by atoms with Crippen LogP contribution in [-0.2, 0) is 22.6 Å². The summed E-state index contributed by atoms with van der Waals surface area (Å²) in [5.41, 5.74) is 1.72. The normalized spacial score (nSPS) is 11.3. The van der Waals surface area contributed by atoms with Crippen LogP contribution >= 0.6 is 11.6 Å². The number of fused-ring (bicyclic) bond motifs is 1. The third-order valence-electron chi connectivity index (χ3n) is 3.75. The van der Waals surface area contributed by atoms with E-state index in [2.05, 4.69) is 5.32 Å². The summed E-state index contributed by atoms with van der Waals surface area (Å²) in [6.07, 6.45) is 0.791. The average molecular weight is 425 g/mol. The second kappa shape index (κ2) is 10.2. The lowest BCUT2D eigenvalue weighted by atomic mass is 10.1. The molecule has 154 valence electrons. The Kier molecular flexibility index (Phi) is 7.75. The number of carboxylic acids is 2. The summed E-state index contributed by atoms with van der Waals surface area (Å²) in [6.45, 7) is 1.16. The van der Waals surface area contributed by atoms with Gasteiger partial charge in [0.1, 0.15) is 0 Å². The smallest absolute Gasteiger partial charge is 0.414 e. The number of aliphatic carboxylic acids is 2. The first-order chi connectivity index (χ1) is 13.8. The Hall–Kier alpha value is -3.37. The van der Waals surface area contributed by atoms with Crippen molar-refractivity contribution in [3.8, 4) is 11.5 Å². The van der Waals surface area contributed by atoms with Crippen LogP contribution < -0.4 is 14.8 Å². The molecule has 1 aliphatic rings. The summed E-state index contributed by atoms with van der Waals surface area (Å²) in [7, 11) is 0. The van der Waals surface area contributed by atoms with Crippen molar-refractivity contribution < 1.29 is 34.2 Å². The predicted octanol–water partition coefficient (Wildman–Crippen LogP) is 2.46. The number of carbonyl (C=O) groups is 2. The van der Waals surface area contributed by atoms with Gasteiger partial charge >= 0.3 is 11.9 Å². The number of hydrogen-bond acceptors (Lipinski definition) is 7. The number of nitro benzene ring substituents is 1. The van der Waals surface area contributed by atoms with Crippen LogP contribution in [0.25, 0.3) is 0 Å². The van der Waals surface area contributed by atoms with Crippen molar-refractivity contribution in [2.45, 2.75) is 13.0 Å². The van der Waals surface area contributed by atoms with E-state index < -0.39 is 16.9 Å². The van der Waals surface area contributed by atoms with Gasteiger partial charge in [-0.25, -0.2) is 9.59 Å². The standard InChI is InChI=1S/C16H15ClN2O4.C2H2O4/c17-13-3-1-2-11(6-13)4-5-18-9-12-7-15-16(23-10-22-15)8-14(12)19(20)21;3-1(4)2(5)6/h1-3,6-8,18H,4-5,9-10H2;(H,3,4)(H,5,6). The maximum atomic E-state index is 11.2. The molecule has 29 heavy (non-hydrogen) atoms. The van der Waals surface area contributed by atoms with Gasteiger partial charge in [-0.2, -0.15) is 0 Å². The number of nitro groups is 1. The molecular formula is C18H17ClN2O8. The number of hydrogen-bond donors (Lipinski definition) is 3. The summed E-state index contributed by atoms with van der Waals surface area (Å²) in [5, 5.41) is 29.9. The van der Waals surface area contributed by atoms with Gasteiger partial charge in [0.25, 0.3) is 5.69 Å². The molecule has 0 radical (unpaired) electrons. The highest BCUT2D eigenvalue weighted by Crippen LogP contribution is 2.37. The molecule has 10 nitrogen and oxygen atoms in total. The minimum Gasteiger partial charge on any atom is -0.473 e. The monoisotopic (exact) mass is 424 g/mol. The van der Waals surface area contributed by atoms with E-state index in [0.717, 1.165) is 12.0 Å². The predicted molar refractivity (Wildman–Crippen MR) is 101 cm³/mol. The van der Waals surface area contributed by atoms with E-state index in [1.165, 1.54) is 6.07 Å². The molecule has 0 fully saturated rings. The van der Waals surface area contributed by atoms with Crippen molar-refractivity contribution in [2.24, 2.45) is 0 Å². The first-order valence-electron chi connectivity index (χ1n) is 8.26. The first kappa shape index (κ1) is 21.9. The minimum atomic E-state index is -1.82. The van der Waals surface area contributed by atoms with Crippen LogP contribution in [0.15, 0.2) is 36.4 Å². The molecule has 0 saturated carbocycles. The van der Waals surface area contributed by atoms with Crippen molar-refractivity contribution in [1.29, 1.82) is 0 Å². The molecule has 0 aromatic heterocycles. The lowest BCUT2D eigenvalue weighted by molar-refractivity contribution is -0.385. The maximum absolute atomic E-state index is 11.2. The Bertz CT molecular complexity index is 907. The third kappa shape index (κ3) is 6.63. The second-order valence-electron chi connectivity index (χ2n) is 5.76. The molecule has 0 amide bonds. The lowest BCUT2D eigenvalue weighted by Gasteiger charge is -2.07. The molecule has 0 atom stereocenters. The van der Waals surface area contributed by atoms with Gasteiger partial charge in [0.05, 0.1) is 11.0 Å². The molecule has 0 aliphatic carbocycles. The number of nitrogens with zero attached hydrogens (tertiary/aromatic N) is 1. The quantitative estimate of drug-likeness (QED) is 0.275. The van der Waals surface area contributed by atoms with Crippen LogP contribution in [0, 0.1) is 10.1 Å². The summed E-state index contributed by atoms with van der Waals surface area (Å²) in [4.78, 5) is 29.0. The highest BCUT2D eigenvalue weighted by Gasteiger charge is 2.22. The van der Waals surface area contributed by atoms with E-state index >= 15 is 0 Å². The second-order valence-corrected chi connectivity index (χ2v) is 6.19. The highest BCUT2D eigenvalue weighted by atomic mass is 35.5. The van der Waals surface area contributed by atoms with Crippen LogP contribution in [0.2, 0.25) is 5.02 Å². The van der Waals surface area contributed by atoms with E-state index in [9.17, 15) is 10.1 Å². The topological polar surface area (TPSA) is 148 Å². The number of benzene rings is 2. The van der Waals surface area contributed by atoms with Crippen LogP contribution in [0.1, 0.15) is 11.1 Å². The Labute approximate surface area is 169 Å². The third-order valence-corrected chi connectivity index (χ3v) is 3.98. The van der Waals surface area contributed by atoms with E-state index in [4.69, 9.17) is 40.9 Å². The SMILES string of the molecule is O=C(O)C(=O)O.O=[N+]([O-])c1cc2c(cc1CNCCc1cccc(Cl)c1)OCO2. The van der Waals surface area contributed by atoms with Gasteiger partial charge in [-0.15, -0.1) is 0 Å². The summed E-state index contributed by atoms with van der Waals surface area (Å²) >= 11 is 5.94. The lowest BCUT2D eigenvalue weighted by Crippen LogP contribution is -2.17. The molecule has 3 N–H and O–H groups in total. The molecule has 3 rings (SSSR count). The van der Waals surface area contributed by atoms with Gasteiger partial charge in [0, 0.05) is 17.1 Å². The zero-order valence-corrected chi connectivity index (χ0v) is 15.7. The minimum absolute atomic E-state index is 0.0319. The van der Waals surface area contributed by atoms with E-state index in [0.29, 0.717) is 35.2 Å². The van der Waals surface area contributed by atoms with Gasteiger partial charge in [-0.1, -0.05) is 23.7 Å². The zero-order chi connectivity index (χ0) is 21.4. The van der Waals surface area contributed by atoms with Crippen molar-refractivity contribution in [2.75, 3.05) is 13.3 Å². The van der Waals surface area contributed by atoms with Crippen molar-refractivity contribution in [3.63, 3.8) is 0 Å². The molecule has 0 spiro atoms. The zero-order valence-electron chi connectivity index (χ0n) is 15.0. The van der Waals surface area contributed by atoms with E-state index in [1.54, 1.807) is 6.07 Å². The average Bonchev–Trinajstić information content (AvgIpc) is 3.12. The van der Waals surface area contributed by atoms with Crippen LogP contribution in [0.4, 0.5) is 5.69 Å². The molecule has 0 bridgehead atoms. The fourth-order valence-corrected chi connectivity index (χ4v) is 2.65. The van der Waals surface area contributed by atoms with E-state index in [-0.39, 0.29) is 12.5 Å². The molecule has 0 unspecified atom stereocenters. The molecule has 1 heterocycles. The van der Waals surface area contributed by atoms with Gasteiger partial charge in [0.2, 0.25) is 6.79 Å². The first-order valence-corrected chi connectivity index (χ1v) is 8.64. The number of carboxylic acid groups (broad SMARTS) is 2. The van der Waals surface area contributed by atoms with Gasteiger partial charge in [0.15, 0.2) is 11.5 Å². The van der Waals surface area contributed by atoms with Crippen molar-refractivity contribution in [3.05, 3.63) is 62.7 Å². The van der Waals surface area contributed by atoms with Crippen LogP contribution in [0.5, 0.6) is 11.5 Å². The highest BCUT2D eigenvalue weighted by molar-refractivity contribution is 6.30. The van der Waals surface area contributed by atoms with Crippen LogP contribution in [-0.4, -0.2) is 40.4 Å². The number of halogens is 1. The van der Waals surface area contributed by atoms with Crippen LogP contribution in [0.3, 0.4) is 0 Å². The number of rotatable bonds is 6. The molecule has 1 aliphatic heterocycles. The summed E-state index contributed by atoms with van der Waals surface area (Å²) < 4.78 is 10.5. The summed E-state index contributed by atoms with van der Waals surface area (Å²) in [6, 6.07) is 10.7. The Morgan fingerprint density at radius 2 is 1.79 bits per heavy atom. The van der Waals surface area contributed by atoms with E-state index in [1.807, 2.05) is 24.3 Å². The number of ether oxygens (including phenoxy) is 2. The van der Waals surface area contributed by atoms with Gasteiger partial charge < -0.3 is 25.0 Å². The Morgan fingerprint density at radius 3 is 2.38 bits per heavy atom. The Balaban J connectivity index is 0.000000438. The molecule has 2 aromatic rings. The maximum Gasteiger partial charge on any atom is 0.414 e.